The summed E-state index contributed by atoms with van der Waals surface area (Å²) in [6.07, 6.45) is 1.75. The highest BCUT2D eigenvalue weighted by Crippen LogP contribution is 2.25. The quantitative estimate of drug-likeness (QED) is 0.422. The van der Waals surface area contributed by atoms with Crippen LogP contribution in [0.15, 0.2) is 48.5 Å². The summed E-state index contributed by atoms with van der Waals surface area (Å²) >= 11 is 0. The summed E-state index contributed by atoms with van der Waals surface area (Å²) in [5.41, 5.74) is 2.34. The molecule has 0 aliphatic carbocycles. The minimum Gasteiger partial charge on any atom is -0.481 e. The smallest absolute Gasteiger partial charge is 0.338 e. The lowest BCUT2D eigenvalue weighted by Crippen LogP contribution is -2.32. The summed E-state index contributed by atoms with van der Waals surface area (Å²) < 4.78 is 11.1. The van der Waals surface area contributed by atoms with Crippen LogP contribution in [0.1, 0.15) is 69.8 Å². The van der Waals surface area contributed by atoms with Crippen LogP contribution in [0.5, 0.6) is 5.75 Å². The first kappa shape index (κ1) is 23.5. The van der Waals surface area contributed by atoms with E-state index in [0.29, 0.717) is 30.0 Å². The molecule has 0 aliphatic heterocycles. The van der Waals surface area contributed by atoms with Gasteiger partial charge in [-0.2, -0.15) is 0 Å². The molecule has 0 saturated carbocycles. The average Bonchev–Trinajstić information content (AvgIpc) is 2.72. The monoisotopic (exact) mass is 411 g/mol. The van der Waals surface area contributed by atoms with Gasteiger partial charge in [0.25, 0.3) is 5.91 Å². The zero-order valence-corrected chi connectivity index (χ0v) is 18.7. The Balaban J connectivity index is 1.95. The van der Waals surface area contributed by atoms with Crippen LogP contribution in [-0.2, 0) is 14.9 Å². The molecule has 2 rings (SSSR count). The Morgan fingerprint density at radius 3 is 2.13 bits per heavy atom. The summed E-state index contributed by atoms with van der Waals surface area (Å²) in [4.78, 5) is 24.6. The first-order valence-electron chi connectivity index (χ1n) is 10.6. The maximum Gasteiger partial charge on any atom is 0.338 e. The lowest BCUT2D eigenvalue weighted by Gasteiger charge is -2.21. The normalized spacial score (nSPS) is 12.2. The van der Waals surface area contributed by atoms with Crippen molar-refractivity contribution in [3.63, 3.8) is 0 Å². The van der Waals surface area contributed by atoms with Gasteiger partial charge in [-0.1, -0.05) is 53.2 Å². The van der Waals surface area contributed by atoms with E-state index in [9.17, 15) is 9.59 Å². The summed E-state index contributed by atoms with van der Waals surface area (Å²) in [5.74, 6) is 0.0839. The minimum absolute atomic E-state index is 0.0641. The van der Waals surface area contributed by atoms with E-state index >= 15 is 0 Å². The minimum atomic E-state index is -0.607. The highest BCUT2D eigenvalue weighted by atomic mass is 16.5. The number of rotatable bonds is 9. The van der Waals surface area contributed by atoms with E-state index in [2.05, 4.69) is 26.1 Å². The molecular weight excluding hydrogens is 378 g/mol. The van der Waals surface area contributed by atoms with Crippen molar-refractivity contribution in [3.8, 4) is 5.75 Å². The second-order valence-electron chi connectivity index (χ2n) is 8.35. The van der Waals surface area contributed by atoms with Crippen molar-refractivity contribution in [2.24, 2.45) is 0 Å². The SMILES string of the molecule is CCCCOC(=O)c1ccc(NC(=O)[C@@H](CC)Oc2ccc(C(C)(C)C)cc2)cc1. The second kappa shape index (κ2) is 10.8. The first-order valence-corrected chi connectivity index (χ1v) is 10.6. The molecule has 30 heavy (non-hydrogen) atoms. The highest BCUT2D eigenvalue weighted by Gasteiger charge is 2.20. The fraction of sp³-hybridized carbons (Fsp3) is 0.440. The molecule has 0 fully saturated rings. The van der Waals surface area contributed by atoms with Gasteiger partial charge < -0.3 is 14.8 Å². The maximum absolute atomic E-state index is 12.6. The third-order valence-electron chi connectivity index (χ3n) is 4.78. The van der Waals surface area contributed by atoms with Crippen LogP contribution in [-0.4, -0.2) is 24.6 Å². The van der Waals surface area contributed by atoms with Gasteiger partial charge in [-0.3, -0.25) is 4.79 Å². The van der Waals surface area contributed by atoms with Gasteiger partial charge in [0, 0.05) is 5.69 Å². The molecule has 0 aromatic heterocycles. The third kappa shape index (κ3) is 6.90. The lowest BCUT2D eigenvalue weighted by atomic mass is 9.87. The summed E-state index contributed by atoms with van der Waals surface area (Å²) in [6.45, 7) is 10.8. The molecule has 0 spiro atoms. The number of ether oxygens (including phenoxy) is 2. The molecule has 162 valence electrons. The molecule has 1 atom stereocenters. The Kier molecular flexibility index (Phi) is 8.46. The zero-order chi connectivity index (χ0) is 22.1. The molecule has 0 bridgehead atoms. The molecule has 5 nitrogen and oxygen atoms in total. The van der Waals surface area contributed by atoms with E-state index in [1.807, 2.05) is 38.1 Å². The van der Waals surface area contributed by atoms with Crippen LogP contribution in [0.3, 0.4) is 0 Å². The molecule has 0 heterocycles. The van der Waals surface area contributed by atoms with Gasteiger partial charge in [-0.25, -0.2) is 4.79 Å². The predicted molar refractivity (Wildman–Crippen MR) is 120 cm³/mol. The fourth-order valence-corrected chi connectivity index (χ4v) is 2.82. The van der Waals surface area contributed by atoms with Crippen LogP contribution in [0.4, 0.5) is 5.69 Å². The van der Waals surface area contributed by atoms with Gasteiger partial charge >= 0.3 is 5.97 Å². The van der Waals surface area contributed by atoms with Crippen molar-refractivity contribution in [1.29, 1.82) is 0 Å². The largest absolute Gasteiger partial charge is 0.481 e. The Labute approximate surface area is 179 Å². The summed E-state index contributed by atoms with van der Waals surface area (Å²) in [6, 6.07) is 14.5. The molecule has 0 unspecified atom stereocenters. The zero-order valence-electron chi connectivity index (χ0n) is 18.7. The van der Waals surface area contributed by atoms with Crippen molar-refractivity contribution in [1.82, 2.24) is 0 Å². The fourth-order valence-electron chi connectivity index (χ4n) is 2.82. The molecule has 0 saturated heterocycles. The molecular formula is C25H33NO4. The van der Waals surface area contributed by atoms with Crippen LogP contribution in [0, 0.1) is 0 Å². The number of hydrogen-bond donors (Lipinski definition) is 1. The third-order valence-corrected chi connectivity index (χ3v) is 4.78. The molecule has 2 aromatic carbocycles. The molecule has 0 aliphatic rings. The summed E-state index contributed by atoms with van der Waals surface area (Å²) in [7, 11) is 0. The second-order valence-corrected chi connectivity index (χ2v) is 8.35. The van der Waals surface area contributed by atoms with E-state index in [1.165, 1.54) is 5.56 Å². The predicted octanol–water partition coefficient (Wildman–Crippen LogP) is 5.74. The van der Waals surface area contributed by atoms with E-state index < -0.39 is 6.10 Å². The Hall–Kier alpha value is -2.82. The van der Waals surface area contributed by atoms with Crippen molar-refractivity contribution >= 4 is 17.6 Å². The first-order chi connectivity index (χ1) is 14.2. The molecule has 5 heteroatoms. The van der Waals surface area contributed by atoms with Crippen LogP contribution in [0.2, 0.25) is 0 Å². The molecule has 1 N–H and O–H groups in total. The van der Waals surface area contributed by atoms with Crippen molar-refractivity contribution in [2.45, 2.75) is 65.4 Å². The van der Waals surface area contributed by atoms with Crippen molar-refractivity contribution in [2.75, 3.05) is 11.9 Å². The van der Waals surface area contributed by atoms with Crippen molar-refractivity contribution < 1.29 is 19.1 Å². The summed E-state index contributed by atoms with van der Waals surface area (Å²) in [5, 5.41) is 2.85. The van der Waals surface area contributed by atoms with Crippen molar-refractivity contribution in [3.05, 3.63) is 59.7 Å². The van der Waals surface area contributed by atoms with Crippen LogP contribution >= 0.6 is 0 Å². The standard InChI is InChI=1S/C25H33NO4/c1-6-8-17-29-24(28)18-9-13-20(14-10-18)26-23(27)22(7-2)30-21-15-11-19(12-16-21)25(3,4)5/h9-16,22H,6-8,17H2,1-5H3,(H,26,27)/t22-/m1/s1. The van der Waals surface area contributed by atoms with E-state index in [1.54, 1.807) is 24.3 Å². The number of carbonyl (C=O) groups excluding carboxylic acids is 2. The number of esters is 1. The van der Waals surface area contributed by atoms with Gasteiger partial charge in [-0.15, -0.1) is 0 Å². The van der Waals surface area contributed by atoms with Gasteiger partial charge in [0.2, 0.25) is 0 Å². The Bertz CT molecular complexity index is 820. The highest BCUT2D eigenvalue weighted by molar-refractivity contribution is 5.95. The molecule has 1 amide bonds. The number of unbranched alkanes of at least 4 members (excludes halogenated alkanes) is 1. The topological polar surface area (TPSA) is 64.6 Å². The van der Waals surface area contributed by atoms with E-state index in [0.717, 1.165) is 12.8 Å². The van der Waals surface area contributed by atoms with Crippen LogP contribution in [0.25, 0.3) is 0 Å². The maximum atomic E-state index is 12.6. The van der Waals surface area contributed by atoms with E-state index in [4.69, 9.17) is 9.47 Å². The number of nitrogens with one attached hydrogen (secondary N) is 1. The number of benzene rings is 2. The Morgan fingerprint density at radius 1 is 0.967 bits per heavy atom. The number of hydrogen-bond acceptors (Lipinski definition) is 4. The van der Waals surface area contributed by atoms with Gasteiger partial charge in [0.1, 0.15) is 5.75 Å². The number of anilines is 1. The average molecular weight is 412 g/mol. The number of amides is 1. The van der Waals surface area contributed by atoms with Gasteiger partial charge in [0.15, 0.2) is 6.10 Å². The van der Waals surface area contributed by atoms with E-state index in [-0.39, 0.29) is 17.3 Å². The van der Waals surface area contributed by atoms with Gasteiger partial charge in [0.05, 0.1) is 12.2 Å². The Morgan fingerprint density at radius 2 is 1.60 bits per heavy atom. The number of carbonyl (C=O) groups is 2. The lowest BCUT2D eigenvalue weighted by molar-refractivity contribution is -0.122. The van der Waals surface area contributed by atoms with Gasteiger partial charge in [-0.05, 0) is 60.2 Å². The molecule has 0 radical (unpaired) electrons. The molecule has 2 aromatic rings. The van der Waals surface area contributed by atoms with Crippen LogP contribution < -0.4 is 10.1 Å².